The highest BCUT2D eigenvalue weighted by atomic mass is 19.4. The number of aryl methyl sites for hydroxylation is 1. The van der Waals surface area contributed by atoms with Gasteiger partial charge in [0.05, 0.1) is 28.8 Å². The summed E-state index contributed by atoms with van der Waals surface area (Å²) < 4.78 is 39.1. The number of carbonyl (C=O) groups excluding carboxylic acids is 1. The van der Waals surface area contributed by atoms with Crippen molar-refractivity contribution in [3.8, 4) is 0 Å². The molecule has 0 unspecified atom stereocenters. The van der Waals surface area contributed by atoms with Crippen LogP contribution in [0.15, 0.2) is 30.6 Å². The molecule has 0 bridgehead atoms. The van der Waals surface area contributed by atoms with Crippen LogP contribution in [0.25, 0.3) is 0 Å². The van der Waals surface area contributed by atoms with Crippen molar-refractivity contribution in [1.82, 2.24) is 9.97 Å². The molecule has 1 fully saturated rings. The predicted molar refractivity (Wildman–Crippen MR) is 87.6 cm³/mol. The molecule has 2 heterocycles. The Kier molecular flexibility index (Phi) is 4.61. The molecular weight excluding hydrogens is 333 g/mol. The van der Waals surface area contributed by atoms with Gasteiger partial charge in [-0.2, -0.15) is 13.2 Å². The number of nitrogens with zero attached hydrogens (tertiary/aromatic N) is 3. The minimum absolute atomic E-state index is 0.0513. The zero-order valence-corrected chi connectivity index (χ0v) is 13.6. The molecule has 1 aromatic heterocycles. The summed E-state index contributed by atoms with van der Waals surface area (Å²) in [5.74, 6) is -0.590. The fourth-order valence-electron chi connectivity index (χ4n) is 2.74. The molecule has 0 aliphatic carbocycles. The number of carbonyl (C=O) groups is 1. The van der Waals surface area contributed by atoms with Gasteiger partial charge in [-0.3, -0.25) is 9.78 Å². The van der Waals surface area contributed by atoms with Crippen LogP contribution in [0.1, 0.15) is 34.6 Å². The van der Waals surface area contributed by atoms with Gasteiger partial charge in [0.2, 0.25) is 0 Å². The van der Waals surface area contributed by atoms with Crippen molar-refractivity contribution in [3.05, 3.63) is 47.5 Å². The summed E-state index contributed by atoms with van der Waals surface area (Å²) in [5.41, 5.74) is 0.604. The van der Waals surface area contributed by atoms with Gasteiger partial charge >= 0.3 is 6.18 Å². The van der Waals surface area contributed by atoms with E-state index in [0.717, 1.165) is 38.1 Å². The predicted octanol–water partition coefficient (Wildman–Crippen LogP) is 3.66. The molecule has 3 rings (SSSR count). The molecule has 2 aromatic rings. The number of aromatic nitrogens is 2. The Bertz CT molecular complexity index is 768. The first-order valence-corrected chi connectivity index (χ1v) is 7.91. The average Bonchev–Trinajstić information content (AvgIpc) is 3.08. The lowest BCUT2D eigenvalue weighted by Gasteiger charge is -2.22. The summed E-state index contributed by atoms with van der Waals surface area (Å²) >= 11 is 0. The maximum atomic E-state index is 13.0. The van der Waals surface area contributed by atoms with Crippen molar-refractivity contribution in [3.63, 3.8) is 0 Å². The Morgan fingerprint density at radius 1 is 1.16 bits per heavy atom. The van der Waals surface area contributed by atoms with Crippen molar-refractivity contribution in [1.29, 1.82) is 0 Å². The highest BCUT2D eigenvalue weighted by molar-refractivity contribution is 6.04. The maximum absolute atomic E-state index is 13.0. The summed E-state index contributed by atoms with van der Waals surface area (Å²) in [4.78, 5) is 22.3. The number of alkyl halides is 3. The van der Waals surface area contributed by atoms with Gasteiger partial charge in [0.1, 0.15) is 5.69 Å². The third-order valence-electron chi connectivity index (χ3n) is 4.03. The molecule has 1 N–H and O–H groups in total. The molecule has 1 aromatic carbocycles. The first kappa shape index (κ1) is 17.2. The zero-order chi connectivity index (χ0) is 18.0. The number of hydrogen-bond acceptors (Lipinski definition) is 4. The summed E-state index contributed by atoms with van der Waals surface area (Å²) in [6, 6.07) is 3.41. The second-order valence-corrected chi connectivity index (χ2v) is 5.92. The van der Waals surface area contributed by atoms with E-state index in [1.54, 1.807) is 6.92 Å². The van der Waals surface area contributed by atoms with Crippen molar-refractivity contribution in [2.24, 2.45) is 0 Å². The van der Waals surface area contributed by atoms with E-state index in [9.17, 15) is 18.0 Å². The molecule has 0 radical (unpaired) electrons. The van der Waals surface area contributed by atoms with E-state index in [0.29, 0.717) is 11.4 Å². The Morgan fingerprint density at radius 3 is 2.48 bits per heavy atom. The minimum atomic E-state index is -4.48. The number of halogens is 3. The normalized spacial score (nSPS) is 14.6. The van der Waals surface area contributed by atoms with Gasteiger partial charge in [-0.25, -0.2) is 4.98 Å². The van der Waals surface area contributed by atoms with E-state index < -0.39 is 17.6 Å². The van der Waals surface area contributed by atoms with Crippen molar-refractivity contribution in [2.75, 3.05) is 23.3 Å². The molecule has 0 saturated carbocycles. The Balaban J connectivity index is 1.93. The largest absolute Gasteiger partial charge is 0.416 e. The molecule has 1 aliphatic rings. The summed E-state index contributed by atoms with van der Waals surface area (Å²) in [7, 11) is 0. The number of amides is 1. The van der Waals surface area contributed by atoms with Crippen LogP contribution in [-0.4, -0.2) is 29.0 Å². The van der Waals surface area contributed by atoms with Crippen LogP contribution in [0.5, 0.6) is 0 Å². The summed E-state index contributed by atoms with van der Waals surface area (Å²) in [5, 5.41) is 2.55. The van der Waals surface area contributed by atoms with Gasteiger partial charge in [0, 0.05) is 19.3 Å². The van der Waals surface area contributed by atoms with Gasteiger partial charge in [-0.1, -0.05) is 0 Å². The quantitative estimate of drug-likeness (QED) is 0.918. The highest BCUT2D eigenvalue weighted by Crippen LogP contribution is 2.36. The molecule has 1 amide bonds. The molecule has 5 nitrogen and oxygen atoms in total. The van der Waals surface area contributed by atoms with E-state index in [4.69, 9.17) is 0 Å². The Hall–Kier alpha value is -2.64. The number of hydrogen-bond donors (Lipinski definition) is 1. The molecule has 0 atom stereocenters. The smallest absolute Gasteiger partial charge is 0.370 e. The molecule has 132 valence electrons. The topological polar surface area (TPSA) is 58.1 Å². The molecule has 1 saturated heterocycles. The monoisotopic (exact) mass is 350 g/mol. The third-order valence-corrected chi connectivity index (χ3v) is 4.03. The van der Waals surface area contributed by atoms with Crippen molar-refractivity contribution < 1.29 is 18.0 Å². The number of rotatable bonds is 3. The van der Waals surface area contributed by atoms with E-state index >= 15 is 0 Å². The first-order valence-electron chi connectivity index (χ1n) is 7.91. The van der Waals surface area contributed by atoms with Gasteiger partial charge in [0.15, 0.2) is 0 Å². The molecule has 1 aliphatic heterocycles. The fraction of sp³-hybridized carbons (Fsp3) is 0.353. The molecular formula is C17H17F3N4O. The van der Waals surface area contributed by atoms with Crippen molar-refractivity contribution >= 4 is 17.3 Å². The first-order chi connectivity index (χ1) is 11.8. The summed E-state index contributed by atoms with van der Waals surface area (Å²) in [6.45, 7) is 3.23. The number of nitrogens with one attached hydrogen (secondary N) is 1. The zero-order valence-electron chi connectivity index (χ0n) is 13.6. The van der Waals surface area contributed by atoms with Crippen LogP contribution in [0.2, 0.25) is 0 Å². The van der Waals surface area contributed by atoms with Gasteiger partial charge < -0.3 is 10.2 Å². The molecule has 8 heteroatoms. The standard InChI is InChI=1S/C17H17F3N4O/c1-11-9-22-14(10-21-11)16(25)23-13-8-12(17(18,19)20)4-5-15(13)24-6-2-3-7-24/h4-5,8-10H,2-3,6-7H2,1H3,(H,23,25). The van der Waals surface area contributed by atoms with E-state index in [2.05, 4.69) is 15.3 Å². The lowest BCUT2D eigenvalue weighted by atomic mass is 10.1. The Labute approximate surface area is 142 Å². The average molecular weight is 350 g/mol. The highest BCUT2D eigenvalue weighted by Gasteiger charge is 2.32. The van der Waals surface area contributed by atoms with Crippen LogP contribution < -0.4 is 10.2 Å². The summed E-state index contributed by atoms with van der Waals surface area (Å²) in [6.07, 6.45) is 0.193. The van der Waals surface area contributed by atoms with Gasteiger partial charge in [-0.15, -0.1) is 0 Å². The van der Waals surface area contributed by atoms with Gasteiger partial charge in [-0.05, 0) is 38.0 Å². The fourth-order valence-corrected chi connectivity index (χ4v) is 2.74. The number of benzene rings is 1. The van der Waals surface area contributed by atoms with E-state index in [1.807, 2.05) is 4.90 Å². The van der Waals surface area contributed by atoms with Crippen LogP contribution >= 0.6 is 0 Å². The van der Waals surface area contributed by atoms with E-state index in [-0.39, 0.29) is 11.4 Å². The Morgan fingerprint density at radius 2 is 1.88 bits per heavy atom. The molecule has 25 heavy (non-hydrogen) atoms. The lowest BCUT2D eigenvalue weighted by Crippen LogP contribution is -2.22. The minimum Gasteiger partial charge on any atom is -0.370 e. The lowest BCUT2D eigenvalue weighted by molar-refractivity contribution is -0.137. The van der Waals surface area contributed by atoms with Crippen molar-refractivity contribution in [2.45, 2.75) is 25.9 Å². The third kappa shape index (κ3) is 3.89. The van der Waals surface area contributed by atoms with Crippen LogP contribution in [0.3, 0.4) is 0 Å². The van der Waals surface area contributed by atoms with Crippen LogP contribution in [-0.2, 0) is 6.18 Å². The van der Waals surface area contributed by atoms with Crippen LogP contribution in [0, 0.1) is 6.92 Å². The van der Waals surface area contributed by atoms with Gasteiger partial charge in [0.25, 0.3) is 5.91 Å². The second kappa shape index (κ2) is 6.70. The van der Waals surface area contributed by atoms with Crippen LogP contribution in [0.4, 0.5) is 24.5 Å². The second-order valence-electron chi connectivity index (χ2n) is 5.92. The van der Waals surface area contributed by atoms with E-state index in [1.165, 1.54) is 18.5 Å². The SMILES string of the molecule is Cc1cnc(C(=O)Nc2cc(C(F)(F)F)ccc2N2CCCC2)cn1. The maximum Gasteiger partial charge on any atom is 0.416 e. The number of anilines is 2. The molecule has 0 spiro atoms.